The zero-order valence-corrected chi connectivity index (χ0v) is 12.2. The molecule has 0 amide bonds. The first-order chi connectivity index (χ1) is 10.2. The Kier molecular flexibility index (Phi) is 4.62. The van der Waals surface area contributed by atoms with Crippen molar-refractivity contribution >= 4 is 0 Å². The summed E-state index contributed by atoms with van der Waals surface area (Å²) in [5, 5.41) is 9.22. The van der Waals surface area contributed by atoms with Gasteiger partial charge in [0.2, 0.25) is 5.88 Å². The molecule has 108 valence electrons. The Bertz CT molecular complexity index is 660. The summed E-state index contributed by atoms with van der Waals surface area (Å²) in [6.45, 7) is 2.18. The number of rotatable bonds is 5. The summed E-state index contributed by atoms with van der Waals surface area (Å²) in [5.41, 5.74) is 2.01. The van der Waals surface area contributed by atoms with Crippen molar-refractivity contribution in [1.29, 1.82) is 5.26 Å². The van der Waals surface area contributed by atoms with Crippen molar-refractivity contribution in [2.75, 3.05) is 14.2 Å². The van der Waals surface area contributed by atoms with E-state index in [9.17, 15) is 5.26 Å². The van der Waals surface area contributed by atoms with E-state index in [2.05, 4.69) is 11.1 Å². The van der Waals surface area contributed by atoms with Gasteiger partial charge in [-0.25, -0.2) is 4.98 Å². The average Bonchev–Trinajstić information content (AvgIpc) is 2.52. The summed E-state index contributed by atoms with van der Waals surface area (Å²) in [7, 11) is 3.10. The number of ether oxygens (including phenoxy) is 3. The highest BCUT2D eigenvalue weighted by atomic mass is 16.5. The zero-order valence-electron chi connectivity index (χ0n) is 12.2. The summed E-state index contributed by atoms with van der Waals surface area (Å²) in [6.07, 6.45) is 0. The summed E-state index contributed by atoms with van der Waals surface area (Å²) in [4.78, 5) is 4.16. The van der Waals surface area contributed by atoms with Crippen LogP contribution < -0.4 is 14.2 Å². The van der Waals surface area contributed by atoms with Crippen LogP contribution in [0.15, 0.2) is 30.3 Å². The molecule has 0 aliphatic rings. The van der Waals surface area contributed by atoms with Crippen LogP contribution in [0.25, 0.3) is 0 Å². The summed E-state index contributed by atoms with van der Waals surface area (Å²) >= 11 is 0. The molecule has 0 unspecified atom stereocenters. The number of aromatic nitrogens is 1. The number of methoxy groups -OCH3 is 2. The number of hydrogen-bond donors (Lipinski definition) is 0. The van der Waals surface area contributed by atoms with Gasteiger partial charge in [-0.2, -0.15) is 5.26 Å². The van der Waals surface area contributed by atoms with Gasteiger partial charge in [0, 0.05) is 11.8 Å². The molecule has 0 spiro atoms. The highest BCUT2D eigenvalue weighted by Crippen LogP contribution is 2.27. The molecule has 0 fully saturated rings. The van der Waals surface area contributed by atoms with Gasteiger partial charge in [0.05, 0.1) is 14.2 Å². The quantitative estimate of drug-likeness (QED) is 0.844. The number of hydrogen-bond acceptors (Lipinski definition) is 5. The molecule has 1 aromatic heterocycles. The number of pyridine rings is 1. The normalized spacial score (nSPS) is 9.81. The molecule has 0 N–H and O–H groups in total. The molecule has 0 radical (unpaired) electrons. The van der Waals surface area contributed by atoms with Gasteiger partial charge in [-0.15, -0.1) is 0 Å². The van der Waals surface area contributed by atoms with Crippen molar-refractivity contribution in [2.45, 2.75) is 13.5 Å². The number of aryl methyl sites for hydroxylation is 1. The Balaban J connectivity index is 2.19. The molecule has 21 heavy (non-hydrogen) atoms. The summed E-state index contributed by atoms with van der Waals surface area (Å²) in [6, 6.07) is 11.3. The maximum Gasteiger partial charge on any atom is 0.235 e. The van der Waals surface area contributed by atoms with Gasteiger partial charge in [0.25, 0.3) is 0 Å². The van der Waals surface area contributed by atoms with E-state index in [-0.39, 0.29) is 5.88 Å². The SMILES string of the molecule is COc1ccc(COc2cc(C)nc(OC)c2C#N)cc1. The van der Waals surface area contributed by atoms with E-state index in [4.69, 9.17) is 14.2 Å². The van der Waals surface area contributed by atoms with Gasteiger partial charge in [-0.05, 0) is 24.6 Å². The molecule has 2 rings (SSSR count). The third-order valence-electron chi connectivity index (χ3n) is 2.94. The Morgan fingerprint density at radius 1 is 1.14 bits per heavy atom. The topological polar surface area (TPSA) is 64.4 Å². The van der Waals surface area contributed by atoms with Crippen molar-refractivity contribution in [3.05, 3.63) is 47.2 Å². The van der Waals surface area contributed by atoms with Gasteiger partial charge in [-0.3, -0.25) is 0 Å². The number of nitriles is 1. The van der Waals surface area contributed by atoms with E-state index >= 15 is 0 Å². The fraction of sp³-hybridized carbons (Fsp3) is 0.250. The highest BCUT2D eigenvalue weighted by molar-refractivity contribution is 5.50. The Hall–Kier alpha value is -2.74. The fourth-order valence-corrected chi connectivity index (χ4v) is 1.86. The summed E-state index contributed by atoms with van der Waals surface area (Å²) < 4.78 is 15.9. The maximum absolute atomic E-state index is 9.22. The number of nitrogens with zero attached hydrogens (tertiary/aromatic N) is 2. The Labute approximate surface area is 123 Å². The lowest BCUT2D eigenvalue weighted by Gasteiger charge is -2.11. The Morgan fingerprint density at radius 2 is 1.86 bits per heavy atom. The van der Waals surface area contributed by atoms with E-state index in [1.165, 1.54) is 7.11 Å². The smallest absolute Gasteiger partial charge is 0.235 e. The average molecular weight is 284 g/mol. The van der Waals surface area contributed by atoms with Crippen LogP contribution in [0.1, 0.15) is 16.8 Å². The molecule has 1 aromatic carbocycles. The van der Waals surface area contributed by atoms with Gasteiger partial charge < -0.3 is 14.2 Å². The van der Waals surface area contributed by atoms with Crippen LogP contribution in [0, 0.1) is 18.3 Å². The molecule has 0 aliphatic heterocycles. The molecule has 0 saturated carbocycles. The van der Waals surface area contributed by atoms with Crippen LogP contribution >= 0.6 is 0 Å². The molecule has 5 heteroatoms. The van der Waals surface area contributed by atoms with Crippen LogP contribution in [0.2, 0.25) is 0 Å². The highest BCUT2D eigenvalue weighted by Gasteiger charge is 2.13. The van der Waals surface area contributed by atoms with Crippen LogP contribution in [0.5, 0.6) is 17.4 Å². The van der Waals surface area contributed by atoms with E-state index < -0.39 is 0 Å². The molecule has 0 aliphatic carbocycles. The molecule has 0 bridgehead atoms. The van der Waals surface area contributed by atoms with Crippen LogP contribution in [-0.2, 0) is 6.61 Å². The lowest BCUT2D eigenvalue weighted by molar-refractivity contribution is 0.300. The molecule has 0 atom stereocenters. The molecular formula is C16H16N2O3. The van der Waals surface area contributed by atoms with E-state index in [1.54, 1.807) is 13.2 Å². The second-order valence-electron chi connectivity index (χ2n) is 4.39. The maximum atomic E-state index is 9.22. The standard InChI is InChI=1S/C16H16N2O3/c1-11-8-15(14(9-17)16(18-11)20-3)21-10-12-4-6-13(19-2)7-5-12/h4-8H,10H2,1-3H3. The van der Waals surface area contributed by atoms with Crippen LogP contribution in [-0.4, -0.2) is 19.2 Å². The van der Waals surface area contributed by atoms with Crippen molar-refractivity contribution in [3.63, 3.8) is 0 Å². The minimum absolute atomic E-state index is 0.280. The van der Waals surface area contributed by atoms with Gasteiger partial charge in [0.1, 0.15) is 24.2 Å². The third kappa shape index (κ3) is 3.42. The van der Waals surface area contributed by atoms with Gasteiger partial charge in [0.15, 0.2) is 5.56 Å². The molecule has 0 saturated heterocycles. The predicted octanol–water partition coefficient (Wildman–Crippen LogP) is 2.86. The van der Waals surface area contributed by atoms with E-state index in [0.29, 0.717) is 17.9 Å². The van der Waals surface area contributed by atoms with Crippen molar-refractivity contribution < 1.29 is 14.2 Å². The largest absolute Gasteiger partial charge is 0.497 e. The van der Waals surface area contributed by atoms with Crippen molar-refractivity contribution in [3.8, 4) is 23.4 Å². The molecule has 1 heterocycles. The lowest BCUT2D eigenvalue weighted by Crippen LogP contribution is -2.01. The van der Waals surface area contributed by atoms with Crippen LogP contribution in [0.3, 0.4) is 0 Å². The van der Waals surface area contributed by atoms with Crippen molar-refractivity contribution in [1.82, 2.24) is 4.98 Å². The monoisotopic (exact) mass is 284 g/mol. The van der Waals surface area contributed by atoms with E-state index in [1.807, 2.05) is 31.2 Å². The zero-order chi connectivity index (χ0) is 15.2. The first-order valence-electron chi connectivity index (χ1n) is 6.39. The first-order valence-corrected chi connectivity index (χ1v) is 6.39. The Morgan fingerprint density at radius 3 is 2.43 bits per heavy atom. The molecular weight excluding hydrogens is 268 g/mol. The first kappa shape index (κ1) is 14.7. The minimum atomic E-state index is 0.280. The summed E-state index contributed by atoms with van der Waals surface area (Å²) in [5.74, 6) is 1.54. The van der Waals surface area contributed by atoms with Crippen molar-refractivity contribution in [2.24, 2.45) is 0 Å². The lowest BCUT2D eigenvalue weighted by atomic mass is 10.2. The minimum Gasteiger partial charge on any atom is -0.497 e. The molecule has 2 aromatic rings. The van der Waals surface area contributed by atoms with Gasteiger partial charge >= 0.3 is 0 Å². The molecule has 5 nitrogen and oxygen atoms in total. The second-order valence-corrected chi connectivity index (χ2v) is 4.39. The number of benzene rings is 1. The fourth-order valence-electron chi connectivity index (χ4n) is 1.86. The van der Waals surface area contributed by atoms with Gasteiger partial charge in [-0.1, -0.05) is 12.1 Å². The third-order valence-corrected chi connectivity index (χ3v) is 2.94. The van der Waals surface area contributed by atoms with Crippen LogP contribution in [0.4, 0.5) is 0 Å². The second kappa shape index (κ2) is 6.62. The van der Waals surface area contributed by atoms with E-state index in [0.717, 1.165) is 17.0 Å². The predicted molar refractivity (Wildman–Crippen MR) is 77.6 cm³/mol.